The molecule has 0 aromatic carbocycles. The predicted molar refractivity (Wildman–Crippen MR) is 81.1 cm³/mol. The summed E-state index contributed by atoms with van der Waals surface area (Å²) in [5.74, 6) is 0.397. The van der Waals surface area contributed by atoms with Gasteiger partial charge in [-0.05, 0) is 18.5 Å². The Labute approximate surface area is 129 Å². The lowest BCUT2D eigenvalue weighted by atomic mass is 10.1. The Kier molecular flexibility index (Phi) is 4.49. The van der Waals surface area contributed by atoms with Crippen LogP contribution in [0.5, 0.6) is 0 Å². The molecular weight excluding hydrogens is 334 g/mol. The van der Waals surface area contributed by atoms with Crippen LogP contribution in [0.2, 0.25) is 0 Å². The van der Waals surface area contributed by atoms with Gasteiger partial charge in [-0.2, -0.15) is 4.31 Å². The number of hydrogen-bond acceptors (Lipinski definition) is 6. The molecule has 0 saturated heterocycles. The van der Waals surface area contributed by atoms with Crippen LogP contribution in [0.25, 0.3) is 0 Å². The number of likely N-dealkylation sites (N-methyl/N-ethyl adjacent to an activating group) is 1. The SMILES string of the molecule is CC(C)CNC1CN(C)S(=O)(=O)c2sc(S(N)(=O)=O)cc21. The van der Waals surface area contributed by atoms with Crippen molar-refractivity contribution in [3.8, 4) is 0 Å². The van der Waals surface area contributed by atoms with E-state index < -0.39 is 20.0 Å². The summed E-state index contributed by atoms with van der Waals surface area (Å²) in [7, 11) is -6.07. The van der Waals surface area contributed by atoms with Crippen LogP contribution in [0.15, 0.2) is 14.5 Å². The lowest BCUT2D eigenvalue weighted by Gasteiger charge is -2.30. The van der Waals surface area contributed by atoms with Gasteiger partial charge in [0.05, 0.1) is 0 Å². The molecule has 1 aliphatic heterocycles. The van der Waals surface area contributed by atoms with Gasteiger partial charge in [0.1, 0.15) is 8.42 Å². The Morgan fingerprint density at radius 2 is 2.14 bits per heavy atom. The van der Waals surface area contributed by atoms with Crippen molar-refractivity contribution in [2.24, 2.45) is 11.1 Å². The van der Waals surface area contributed by atoms with Crippen molar-refractivity contribution in [2.75, 3.05) is 20.1 Å². The number of sulfonamides is 2. The zero-order chi connectivity index (χ0) is 16.0. The number of nitrogens with two attached hydrogens (primary N) is 1. The summed E-state index contributed by atoms with van der Waals surface area (Å²) in [6.45, 7) is 5.06. The van der Waals surface area contributed by atoms with Crippen molar-refractivity contribution >= 4 is 31.4 Å². The molecule has 1 aliphatic rings. The summed E-state index contributed by atoms with van der Waals surface area (Å²) >= 11 is 0.708. The minimum atomic E-state index is -3.91. The third-order valence-corrected chi connectivity index (χ3v) is 8.14. The standard InChI is InChI=1S/C11H19N3O4S3/c1-7(2)5-13-9-6-14(3)21(17,18)11-8(9)4-10(19-11)20(12,15)16/h4,7,9,13H,5-6H2,1-3H3,(H2,12,15,16). The second kappa shape index (κ2) is 5.60. The monoisotopic (exact) mass is 353 g/mol. The summed E-state index contributed by atoms with van der Waals surface area (Å²) in [4.78, 5) is 0. The summed E-state index contributed by atoms with van der Waals surface area (Å²) in [6, 6.07) is 1.14. The van der Waals surface area contributed by atoms with E-state index in [4.69, 9.17) is 5.14 Å². The van der Waals surface area contributed by atoms with E-state index in [2.05, 4.69) is 5.32 Å². The second-order valence-electron chi connectivity index (χ2n) is 5.49. The van der Waals surface area contributed by atoms with Crippen LogP contribution in [0.1, 0.15) is 25.5 Å². The first-order valence-electron chi connectivity index (χ1n) is 6.39. The Hall–Kier alpha value is -0.520. The van der Waals surface area contributed by atoms with E-state index in [1.54, 1.807) is 0 Å². The van der Waals surface area contributed by atoms with Gasteiger partial charge in [0, 0.05) is 25.2 Å². The molecule has 10 heteroatoms. The molecular formula is C11H19N3O4S3. The molecule has 0 bridgehead atoms. The van der Waals surface area contributed by atoms with Crippen molar-refractivity contribution < 1.29 is 16.8 Å². The molecule has 0 amide bonds. The number of rotatable bonds is 4. The van der Waals surface area contributed by atoms with Crippen molar-refractivity contribution in [2.45, 2.75) is 28.3 Å². The molecule has 1 aromatic rings. The highest BCUT2D eigenvalue weighted by Crippen LogP contribution is 2.39. The molecule has 1 unspecified atom stereocenters. The first-order chi connectivity index (χ1) is 9.53. The first kappa shape index (κ1) is 16.8. The fourth-order valence-electron chi connectivity index (χ4n) is 2.10. The lowest BCUT2D eigenvalue weighted by Crippen LogP contribution is -2.41. The summed E-state index contributed by atoms with van der Waals surface area (Å²) in [6.07, 6.45) is 0. The van der Waals surface area contributed by atoms with Crippen LogP contribution in [-0.2, 0) is 20.0 Å². The topological polar surface area (TPSA) is 110 Å². The van der Waals surface area contributed by atoms with E-state index in [-0.39, 0.29) is 21.0 Å². The number of hydrogen-bond donors (Lipinski definition) is 2. The highest BCUT2D eigenvalue weighted by Gasteiger charge is 2.38. The second-order valence-corrected chi connectivity index (χ2v) is 10.6. The largest absolute Gasteiger partial charge is 0.309 e. The minimum Gasteiger partial charge on any atom is -0.309 e. The normalized spacial score (nSPS) is 22.4. The Bertz CT molecular complexity index is 737. The van der Waals surface area contributed by atoms with Gasteiger partial charge in [-0.3, -0.25) is 0 Å². The first-order valence-corrected chi connectivity index (χ1v) is 10.2. The smallest absolute Gasteiger partial charge is 0.252 e. The van der Waals surface area contributed by atoms with E-state index in [0.717, 1.165) is 0 Å². The molecule has 0 saturated carbocycles. The Balaban J connectivity index is 2.51. The molecule has 120 valence electrons. The molecule has 1 atom stereocenters. The average Bonchev–Trinajstić information content (AvgIpc) is 2.78. The fourth-order valence-corrected chi connectivity index (χ4v) is 6.15. The van der Waals surface area contributed by atoms with E-state index >= 15 is 0 Å². The van der Waals surface area contributed by atoms with Crippen LogP contribution in [0.4, 0.5) is 0 Å². The van der Waals surface area contributed by atoms with Gasteiger partial charge in [0.25, 0.3) is 10.0 Å². The van der Waals surface area contributed by atoms with E-state index in [0.29, 0.717) is 29.4 Å². The van der Waals surface area contributed by atoms with Crippen molar-refractivity contribution in [1.29, 1.82) is 0 Å². The Morgan fingerprint density at radius 3 is 2.67 bits per heavy atom. The molecule has 2 rings (SSSR count). The maximum atomic E-state index is 12.3. The maximum absolute atomic E-state index is 12.3. The molecule has 1 aromatic heterocycles. The molecule has 7 nitrogen and oxygen atoms in total. The van der Waals surface area contributed by atoms with Crippen LogP contribution < -0.4 is 10.5 Å². The number of nitrogens with one attached hydrogen (secondary N) is 1. The van der Waals surface area contributed by atoms with Gasteiger partial charge in [0.15, 0.2) is 0 Å². The van der Waals surface area contributed by atoms with Crippen molar-refractivity contribution in [3.63, 3.8) is 0 Å². The van der Waals surface area contributed by atoms with Crippen molar-refractivity contribution in [3.05, 3.63) is 11.6 Å². The molecule has 0 spiro atoms. The minimum absolute atomic E-state index is 0.0570. The molecule has 21 heavy (non-hydrogen) atoms. The zero-order valence-corrected chi connectivity index (χ0v) is 14.5. The lowest BCUT2D eigenvalue weighted by molar-refractivity contribution is 0.368. The maximum Gasteiger partial charge on any atom is 0.252 e. The van der Waals surface area contributed by atoms with Gasteiger partial charge < -0.3 is 5.32 Å². The highest BCUT2D eigenvalue weighted by atomic mass is 32.3. The Morgan fingerprint density at radius 1 is 1.52 bits per heavy atom. The van der Waals surface area contributed by atoms with E-state index in [1.165, 1.54) is 17.4 Å². The third-order valence-electron chi connectivity index (χ3n) is 3.21. The summed E-state index contributed by atoms with van der Waals surface area (Å²) < 4.78 is 48.7. The molecule has 0 aliphatic carbocycles. The van der Waals surface area contributed by atoms with Crippen molar-refractivity contribution in [1.82, 2.24) is 9.62 Å². The van der Waals surface area contributed by atoms with Crippen LogP contribution >= 0.6 is 11.3 Å². The van der Waals surface area contributed by atoms with Crippen LogP contribution in [-0.4, -0.2) is 41.3 Å². The molecule has 2 heterocycles. The zero-order valence-electron chi connectivity index (χ0n) is 12.0. The molecule has 0 radical (unpaired) electrons. The van der Waals surface area contributed by atoms with Gasteiger partial charge in [-0.25, -0.2) is 22.0 Å². The third kappa shape index (κ3) is 3.30. The van der Waals surface area contributed by atoms with Gasteiger partial charge in [-0.1, -0.05) is 13.8 Å². The number of nitrogens with zero attached hydrogens (tertiary/aromatic N) is 1. The average molecular weight is 353 g/mol. The predicted octanol–water partition coefficient (Wildman–Crippen LogP) is 0.316. The van der Waals surface area contributed by atoms with Gasteiger partial charge >= 0.3 is 0 Å². The van der Waals surface area contributed by atoms with E-state index in [1.807, 2.05) is 13.8 Å². The molecule has 0 fully saturated rings. The van der Waals surface area contributed by atoms with Gasteiger partial charge in [0.2, 0.25) is 10.0 Å². The van der Waals surface area contributed by atoms with Crippen LogP contribution in [0.3, 0.4) is 0 Å². The summed E-state index contributed by atoms with van der Waals surface area (Å²) in [5.41, 5.74) is 0.489. The number of fused-ring (bicyclic) bond motifs is 1. The van der Waals surface area contributed by atoms with Crippen LogP contribution in [0, 0.1) is 5.92 Å². The molecule has 3 N–H and O–H groups in total. The van der Waals surface area contributed by atoms with Gasteiger partial charge in [-0.15, -0.1) is 11.3 Å². The van der Waals surface area contributed by atoms with E-state index in [9.17, 15) is 16.8 Å². The number of primary sulfonamides is 1. The fraction of sp³-hybridized carbons (Fsp3) is 0.636. The quantitative estimate of drug-likeness (QED) is 0.810. The summed E-state index contributed by atoms with van der Waals surface area (Å²) in [5, 5.41) is 8.39. The highest BCUT2D eigenvalue weighted by molar-refractivity contribution is 7.94. The number of thiophene rings is 1.